The van der Waals surface area contributed by atoms with Crippen molar-refractivity contribution in [1.82, 2.24) is 4.90 Å². The quantitative estimate of drug-likeness (QED) is 0.686. The van der Waals surface area contributed by atoms with Gasteiger partial charge in [-0.3, -0.25) is 4.90 Å². The number of methoxy groups -OCH3 is 1. The van der Waals surface area contributed by atoms with Crippen molar-refractivity contribution >= 4 is 5.97 Å². The molecule has 0 radical (unpaired) electrons. The van der Waals surface area contributed by atoms with Crippen molar-refractivity contribution in [2.24, 2.45) is 0 Å². The van der Waals surface area contributed by atoms with Crippen LogP contribution in [-0.4, -0.2) is 32.1 Å². The van der Waals surface area contributed by atoms with Crippen molar-refractivity contribution in [2.75, 3.05) is 21.2 Å². The lowest BCUT2D eigenvalue weighted by Crippen LogP contribution is -2.28. The van der Waals surface area contributed by atoms with Crippen LogP contribution in [0.15, 0.2) is 16.5 Å². The van der Waals surface area contributed by atoms with Gasteiger partial charge in [-0.05, 0) is 33.2 Å². The molecule has 4 heteroatoms. The molecule has 0 spiro atoms. The number of hydrogen-bond donors (Lipinski definition) is 0. The van der Waals surface area contributed by atoms with E-state index in [0.717, 1.165) is 5.76 Å². The molecule has 1 atom stereocenters. The van der Waals surface area contributed by atoms with Gasteiger partial charge in [0.1, 0.15) is 11.5 Å². The van der Waals surface area contributed by atoms with Crippen LogP contribution in [0.3, 0.4) is 0 Å². The fourth-order valence-corrected chi connectivity index (χ4v) is 1.29. The number of carbonyl (C=O) groups is 1. The molecule has 78 valence electrons. The van der Waals surface area contributed by atoms with Gasteiger partial charge in [0.2, 0.25) is 0 Å². The average molecular weight is 197 g/mol. The highest BCUT2D eigenvalue weighted by Gasteiger charge is 2.26. The Morgan fingerprint density at radius 1 is 1.50 bits per heavy atom. The number of rotatable bonds is 3. The van der Waals surface area contributed by atoms with Crippen LogP contribution in [0, 0.1) is 6.92 Å². The van der Waals surface area contributed by atoms with E-state index >= 15 is 0 Å². The second kappa shape index (κ2) is 4.28. The molecule has 0 amide bonds. The van der Waals surface area contributed by atoms with Crippen molar-refractivity contribution in [3.63, 3.8) is 0 Å². The molecule has 0 saturated heterocycles. The van der Waals surface area contributed by atoms with Gasteiger partial charge in [-0.2, -0.15) is 0 Å². The number of esters is 1. The Labute approximate surface area is 83.5 Å². The van der Waals surface area contributed by atoms with Crippen LogP contribution < -0.4 is 0 Å². The molecular formula is C10H15NO3. The molecule has 1 heterocycles. The molecule has 1 aromatic heterocycles. The summed E-state index contributed by atoms with van der Waals surface area (Å²) in [7, 11) is 4.98. The van der Waals surface area contributed by atoms with E-state index in [0.29, 0.717) is 5.76 Å². The number of furan rings is 1. The van der Waals surface area contributed by atoms with E-state index < -0.39 is 6.04 Å². The minimum absolute atomic E-state index is 0.315. The third-order valence-electron chi connectivity index (χ3n) is 1.97. The van der Waals surface area contributed by atoms with Gasteiger partial charge >= 0.3 is 5.97 Å². The Balaban J connectivity index is 2.94. The largest absolute Gasteiger partial charge is 0.467 e. The van der Waals surface area contributed by atoms with Crippen LogP contribution in [0.4, 0.5) is 0 Å². The minimum atomic E-state index is -0.464. The van der Waals surface area contributed by atoms with Gasteiger partial charge in [0.15, 0.2) is 6.04 Å². The van der Waals surface area contributed by atoms with Crippen molar-refractivity contribution in [2.45, 2.75) is 13.0 Å². The van der Waals surface area contributed by atoms with Crippen LogP contribution in [0.1, 0.15) is 17.6 Å². The highest BCUT2D eigenvalue weighted by atomic mass is 16.5. The normalized spacial score (nSPS) is 12.9. The highest BCUT2D eigenvalue weighted by Crippen LogP contribution is 2.21. The molecule has 1 aromatic rings. The second-order valence-electron chi connectivity index (χ2n) is 3.34. The number of likely N-dealkylation sites (N-methyl/N-ethyl adjacent to an activating group) is 1. The molecule has 0 aliphatic heterocycles. The lowest BCUT2D eigenvalue weighted by molar-refractivity contribution is -0.146. The molecule has 1 rings (SSSR count). The summed E-state index contributed by atoms with van der Waals surface area (Å²) in [4.78, 5) is 13.2. The molecule has 0 bridgehead atoms. The topological polar surface area (TPSA) is 42.7 Å². The number of carbonyl (C=O) groups excluding carboxylic acids is 1. The first-order valence-electron chi connectivity index (χ1n) is 4.37. The molecule has 14 heavy (non-hydrogen) atoms. The maximum atomic E-state index is 11.4. The standard InChI is InChI=1S/C10H15NO3/c1-7-5-6-8(14-7)9(11(2)3)10(12)13-4/h5-6,9H,1-4H3. The Kier molecular flexibility index (Phi) is 3.30. The summed E-state index contributed by atoms with van der Waals surface area (Å²) in [5.74, 6) is 1.08. The fourth-order valence-electron chi connectivity index (χ4n) is 1.29. The van der Waals surface area contributed by atoms with Gasteiger partial charge < -0.3 is 9.15 Å². The molecule has 0 aliphatic carbocycles. The van der Waals surface area contributed by atoms with E-state index in [2.05, 4.69) is 0 Å². The first kappa shape index (κ1) is 10.8. The number of hydrogen-bond acceptors (Lipinski definition) is 4. The molecule has 1 unspecified atom stereocenters. The molecule has 4 nitrogen and oxygen atoms in total. The number of nitrogens with zero attached hydrogens (tertiary/aromatic N) is 1. The van der Waals surface area contributed by atoms with E-state index in [4.69, 9.17) is 9.15 Å². The number of aryl methyl sites for hydroxylation is 1. The van der Waals surface area contributed by atoms with Crippen LogP contribution in [-0.2, 0) is 9.53 Å². The maximum Gasteiger partial charge on any atom is 0.331 e. The first-order valence-corrected chi connectivity index (χ1v) is 4.37. The summed E-state index contributed by atoms with van der Waals surface area (Å²) in [5, 5.41) is 0. The lowest BCUT2D eigenvalue weighted by atomic mass is 10.2. The lowest BCUT2D eigenvalue weighted by Gasteiger charge is -2.19. The van der Waals surface area contributed by atoms with Crippen LogP contribution in [0.2, 0.25) is 0 Å². The van der Waals surface area contributed by atoms with E-state index in [-0.39, 0.29) is 5.97 Å². The van der Waals surface area contributed by atoms with Gasteiger partial charge in [-0.15, -0.1) is 0 Å². The SMILES string of the molecule is COC(=O)C(c1ccc(C)o1)N(C)C. The predicted molar refractivity (Wildman–Crippen MR) is 51.9 cm³/mol. The third-order valence-corrected chi connectivity index (χ3v) is 1.97. The Morgan fingerprint density at radius 2 is 2.14 bits per heavy atom. The van der Waals surface area contributed by atoms with Crippen LogP contribution in [0.25, 0.3) is 0 Å². The van der Waals surface area contributed by atoms with Gasteiger partial charge in [0, 0.05) is 0 Å². The summed E-state index contributed by atoms with van der Waals surface area (Å²) < 4.78 is 10.1. The van der Waals surface area contributed by atoms with E-state index in [1.165, 1.54) is 7.11 Å². The Morgan fingerprint density at radius 3 is 2.50 bits per heavy atom. The van der Waals surface area contributed by atoms with Gasteiger partial charge in [0.05, 0.1) is 7.11 Å². The van der Waals surface area contributed by atoms with Crippen molar-refractivity contribution < 1.29 is 13.9 Å². The van der Waals surface area contributed by atoms with Crippen molar-refractivity contribution in [1.29, 1.82) is 0 Å². The smallest absolute Gasteiger partial charge is 0.331 e. The molecule has 0 saturated carbocycles. The first-order chi connectivity index (χ1) is 6.56. The predicted octanol–water partition coefficient (Wildman–Crippen LogP) is 1.36. The molecule has 0 aliphatic rings. The Bertz CT molecular complexity index is 317. The summed E-state index contributed by atoms with van der Waals surface area (Å²) in [6.45, 7) is 1.84. The van der Waals surface area contributed by atoms with Crippen LogP contribution >= 0.6 is 0 Å². The zero-order valence-corrected chi connectivity index (χ0v) is 8.90. The summed E-state index contributed by atoms with van der Waals surface area (Å²) >= 11 is 0. The van der Waals surface area contributed by atoms with Crippen molar-refractivity contribution in [3.8, 4) is 0 Å². The molecular weight excluding hydrogens is 182 g/mol. The summed E-state index contributed by atoms with van der Waals surface area (Å²) in [6.07, 6.45) is 0. The second-order valence-corrected chi connectivity index (χ2v) is 3.34. The third kappa shape index (κ3) is 2.14. The number of ether oxygens (including phenoxy) is 1. The maximum absolute atomic E-state index is 11.4. The van der Waals surface area contributed by atoms with Crippen LogP contribution in [0.5, 0.6) is 0 Å². The summed E-state index contributed by atoms with van der Waals surface area (Å²) in [5.41, 5.74) is 0. The zero-order chi connectivity index (χ0) is 10.7. The minimum Gasteiger partial charge on any atom is -0.467 e. The molecule has 0 aromatic carbocycles. The Hall–Kier alpha value is -1.29. The van der Waals surface area contributed by atoms with Gasteiger partial charge in [-0.25, -0.2) is 4.79 Å². The van der Waals surface area contributed by atoms with Crippen molar-refractivity contribution in [3.05, 3.63) is 23.7 Å². The molecule has 0 N–H and O–H groups in total. The fraction of sp³-hybridized carbons (Fsp3) is 0.500. The zero-order valence-electron chi connectivity index (χ0n) is 8.90. The average Bonchev–Trinajstić information content (AvgIpc) is 2.51. The van der Waals surface area contributed by atoms with E-state index in [1.807, 2.05) is 13.0 Å². The van der Waals surface area contributed by atoms with E-state index in [9.17, 15) is 4.79 Å². The monoisotopic (exact) mass is 197 g/mol. The highest BCUT2D eigenvalue weighted by molar-refractivity contribution is 5.76. The van der Waals surface area contributed by atoms with Gasteiger partial charge in [0.25, 0.3) is 0 Å². The summed E-state index contributed by atoms with van der Waals surface area (Å²) in [6, 6.07) is 3.15. The van der Waals surface area contributed by atoms with Gasteiger partial charge in [-0.1, -0.05) is 0 Å². The van der Waals surface area contributed by atoms with E-state index in [1.54, 1.807) is 25.1 Å². The molecule has 0 fully saturated rings.